The van der Waals surface area contributed by atoms with Gasteiger partial charge in [-0.3, -0.25) is 4.79 Å². The Labute approximate surface area is 85.2 Å². The first-order chi connectivity index (χ1) is 6.91. The Morgan fingerprint density at radius 2 is 1.73 bits per heavy atom. The quantitative estimate of drug-likeness (QED) is 0.544. The Balaban J connectivity index is 2.90. The molecule has 0 N–H and O–H groups in total. The highest BCUT2D eigenvalue weighted by Gasteiger charge is 2.30. The lowest BCUT2D eigenvalue weighted by Gasteiger charge is -2.05. The fourth-order valence-electron chi connectivity index (χ4n) is 0.964. The minimum atomic E-state index is -4.44. The molecule has 0 amide bonds. The summed E-state index contributed by atoms with van der Waals surface area (Å²) < 4.78 is 36.3. The zero-order chi connectivity index (χ0) is 11.5. The number of carbonyl (C=O) groups excluding carboxylic acids is 1. The molecule has 0 aliphatic carbocycles. The first-order valence-electron chi connectivity index (χ1n) is 4.26. The summed E-state index contributed by atoms with van der Waals surface area (Å²) in [5.41, 5.74) is -0.641. The van der Waals surface area contributed by atoms with Crippen LogP contribution in [0.25, 0.3) is 0 Å². The van der Waals surface area contributed by atoms with Crippen LogP contribution in [0, 0.1) is 0 Å². The molecule has 0 radical (unpaired) electrons. The van der Waals surface area contributed by atoms with E-state index in [0.29, 0.717) is 6.08 Å². The lowest BCUT2D eigenvalue weighted by molar-refractivity contribution is -0.0913. The van der Waals surface area contributed by atoms with Crippen molar-refractivity contribution in [1.82, 2.24) is 0 Å². The van der Waals surface area contributed by atoms with E-state index in [1.165, 1.54) is 12.1 Å². The molecule has 0 aliphatic rings. The van der Waals surface area contributed by atoms with Gasteiger partial charge in [0.2, 0.25) is 0 Å². The zero-order valence-electron chi connectivity index (χ0n) is 8.01. The van der Waals surface area contributed by atoms with Crippen LogP contribution < -0.4 is 0 Å². The highest BCUT2D eigenvalue weighted by atomic mass is 19.4. The number of ketones is 1. The molecule has 0 heterocycles. The molecule has 0 atom stereocenters. The summed E-state index contributed by atoms with van der Waals surface area (Å²) in [6.45, 7) is 0.876. The number of allylic oxidation sites excluding steroid dienone is 2. The van der Waals surface area contributed by atoms with Gasteiger partial charge in [0.05, 0.1) is 0 Å². The number of benzene rings is 1. The average molecular weight is 214 g/mol. The van der Waals surface area contributed by atoms with Crippen LogP contribution in [0.4, 0.5) is 13.2 Å². The summed E-state index contributed by atoms with van der Waals surface area (Å²) in [5.74, 6) is -0.634. The Morgan fingerprint density at radius 1 is 1.20 bits per heavy atom. The molecule has 0 saturated carbocycles. The van der Waals surface area contributed by atoms with Crippen molar-refractivity contribution >= 4 is 5.78 Å². The summed E-state index contributed by atoms with van der Waals surface area (Å²) in [6.07, 6.45) is -3.83. The van der Waals surface area contributed by atoms with Gasteiger partial charge in [-0.15, -0.1) is 0 Å². The Bertz CT molecular complexity index is 377. The van der Waals surface area contributed by atoms with Gasteiger partial charge in [-0.1, -0.05) is 30.3 Å². The first kappa shape index (κ1) is 11.5. The minimum absolute atomic E-state index is 0.251. The van der Waals surface area contributed by atoms with Crippen molar-refractivity contribution in [3.05, 3.63) is 47.5 Å². The van der Waals surface area contributed by atoms with Gasteiger partial charge in [0.15, 0.2) is 5.78 Å². The molecule has 15 heavy (non-hydrogen) atoms. The fraction of sp³-hybridized carbons (Fsp3) is 0.182. The summed E-state index contributed by atoms with van der Waals surface area (Å²) in [5, 5.41) is 0. The number of hydrogen-bond acceptors (Lipinski definition) is 1. The zero-order valence-corrected chi connectivity index (χ0v) is 8.01. The molecule has 0 unspecified atom stereocenters. The van der Waals surface area contributed by atoms with Gasteiger partial charge < -0.3 is 0 Å². The van der Waals surface area contributed by atoms with Crippen molar-refractivity contribution in [3.63, 3.8) is 0 Å². The topological polar surface area (TPSA) is 17.1 Å². The number of alkyl halides is 3. The Kier molecular flexibility index (Phi) is 3.29. The van der Waals surface area contributed by atoms with Crippen LogP contribution in [-0.4, -0.2) is 12.0 Å². The van der Waals surface area contributed by atoms with E-state index in [2.05, 4.69) is 0 Å². The first-order valence-corrected chi connectivity index (χ1v) is 4.26. The van der Waals surface area contributed by atoms with Crippen LogP contribution in [0.1, 0.15) is 17.3 Å². The van der Waals surface area contributed by atoms with Gasteiger partial charge in [-0.05, 0) is 13.0 Å². The van der Waals surface area contributed by atoms with Crippen LogP contribution in [0.15, 0.2) is 42.0 Å². The molecular weight excluding hydrogens is 205 g/mol. The van der Waals surface area contributed by atoms with E-state index in [4.69, 9.17) is 0 Å². The summed E-state index contributed by atoms with van der Waals surface area (Å²) in [4.78, 5) is 11.3. The highest BCUT2D eigenvalue weighted by Crippen LogP contribution is 2.25. The van der Waals surface area contributed by atoms with Gasteiger partial charge in [0.25, 0.3) is 0 Å². The van der Waals surface area contributed by atoms with E-state index >= 15 is 0 Å². The van der Waals surface area contributed by atoms with Crippen molar-refractivity contribution in [1.29, 1.82) is 0 Å². The maximum atomic E-state index is 12.1. The second-order valence-corrected chi connectivity index (χ2v) is 3.06. The molecule has 0 saturated heterocycles. The maximum Gasteiger partial charge on any atom is 0.412 e. The standard InChI is InChI=1S/C11H9F3O/c1-8(11(12,13)14)7-10(15)9-5-3-2-4-6-9/h2-7H,1H3/b8-7+. The molecule has 0 aromatic heterocycles. The van der Waals surface area contributed by atoms with Crippen molar-refractivity contribution in [2.75, 3.05) is 0 Å². The van der Waals surface area contributed by atoms with Crippen LogP contribution in [0.5, 0.6) is 0 Å². The monoisotopic (exact) mass is 214 g/mol. The molecule has 0 bridgehead atoms. The Hall–Kier alpha value is -1.58. The predicted molar refractivity (Wildman–Crippen MR) is 50.6 cm³/mol. The third kappa shape index (κ3) is 3.23. The smallest absolute Gasteiger partial charge is 0.289 e. The normalized spacial score (nSPS) is 12.7. The molecule has 1 aromatic rings. The van der Waals surface area contributed by atoms with Gasteiger partial charge in [-0.25, -0.2) is 0 Å². The lowest BCUT2D eigenvalue weighted by Crippen LogP contribution is -2.10. The third-order valence-corrected chi connectivity index (χ3v) is 1.85. The van der Waals surface area contributed by atoms with Crippen molar-refractivity contribution in [2.24, 2.45) is 0 Å². The lowest BCUT2D eigenvalue weighted by atomic mass is 10.1. The molecule has 0 fully saturated rings. The summed E-state index contributed by atoms with van der Waals surface area (Å²) in [6, 6.07) is 7.84. The van der Waals surface area contributed by atoms with Crippen molar-refractivity contribution in [2.45, 2.75) is 13.1 Å². The van der Waals surface area contributed by atoms with Crippen LogP contribution in [-0.2, 0) is 0 Å². The van der Waals surface area contributed by atoms with E-state index in [1.54, 1.807) is 18.2 Å². The number of hydrogen-bond donors (Lipinski definition) is 0. The predicted octanol–water partition coefficient (Wildman–Crippen LogP) is 3.38. The third-order valence-electron chi connectivity index (χ3n) is 1.85. The summed E-state index contributed by atoms with van der Waals surface area (Å²) in [7, 11) is 0. The van der Waals surface area contributed by atoms with Crippen molar-refractivity contribution in [3.8, 4) is 0 Å². The number of halogens is 3. The average Bonchev–Trinajstić information content (AvgIpc) is 2.17. The molecule has 80 valence electrons. The van der Waals surface area contributed by atoms with Gasteiger partial charge in [0.1, 0.15) is 0 Å². The van der Waals surface area contributed by atoms with Gasteiger partial charge in [-0.2, -0.15) is 13.2 Å². The van der Waals surface area contributed by atoms with E-state index in [0.717, 1.165) is 6.92 Å². The van der Waals surface area contributed by atoms with Crippen LogP contribution >= 0.6 is 0 Å². The van der Waals surface area contributed by atoms with Gasteiger partial charge >= 0.3 is 6.18 Å². The van der Waals surface area contributed by atoms with E-state index in [-0.39, 0.29) is 5.56 Å². The van der Waals surface area contributed by atoms with E-state index in [1.807, 2.05) is 0 Å². The Morgan fingerprint density at radius 3 is 2.20 bits per heavy atom. The summed E-state index contributed by atoms with van der Waals surface area (Å²) >= 11 is 0. The SMILES string of the molecule is C/C(=C\C(=O)c1ccccc1)C(F)(F)F. The van der Waals surface area contributed by atoms with Crippen molar-refractivity contribution < 1.29 is 18.0 Å². The second kappa shape index (κ2) is 4.29. The maximum absolute atomic E-state index is 12.1. The molecule has 4 heteroatoms. The molecule has 0 spiro atoms. The van der Waals surface area contributed by atoms with E-state index in [9.17, 15) is 18.0 Å². The van der Waals surface area contributed by atoms with E-state index < -0.39 is 17.5 Å². The molecule has 1 aromatic carbocycles. The van der Waals surface area contributed by atoms with Gasteiger partial charge in [0, 0.05) is 11.1 Å². The molecule has 1 rings (SSSR count). The second-order valence-electron chi connectivity index (χ2n) is 3.06. The molecule has 0 aliphatic heterocycles. The molecule has 1 nitrogen and oxygen atoms in total. The number of rotatable bonds is 2. The number of carbonyl (C=O) groups is 1. The minimum Gasteiger partial charge on any atom is -0.289 e. The largest absolute Gasteiger partial charge is 0.412 e. The highest BCUT2D eigenvalue weighted by molar-refractivity contribution is 6.04. The fourth-order valence-corrected chi connectivity index (χ4v) is 0.964. The molecular formula is C11H9F3O. The van der Waals surface area contributed by atoms with Crippen LogP contribution in [0.2, 0.25) is 0 Å². The van der Waals surface area contributed by atoms with Crippen LogP contribution in [0.3, 0.4) is 0 Å².